The molecule has 0 atom stereocenters. The molecule has 1 aromatic heterocycles. The van der Waals surface area contributed by atoms with Gasteiger partial charge in [-0.1, -0.05) is 24.3 Å². The van der Waals surface area contributed by atoms with Gasteiger partial charge in [-0.25, -0.2) is 4.98 Å². The number of benzene rings is 1. The molecule has 1 fully saturated rings. The third kappa shape index (κ3) is 2.72. The van der Waals surface area contributed by atoms with Gasteiger partial charge in [0.2, 0.25) is 0 Å². The van der Waals surface area contributed by atoms with Crippen molar-refractivity contribution in [2.45, 2.75) is 25.3 Å². The van der Waals surface area contributed by atoms with E-state index in [0.717, 1.165) is 22.8 Å². The Kier molecular flexibility index (Phi) is 3.33. The Labute approximate surface area is 116 Å². The number of nitrogens with zero attached hydrogens (tertiary/aromatic N) is 1. The van der Waals surface area contributed by atoms with E-state index >= 15 is 0 Å². The Morgan fingerprint density at radius 3 is 2.61 bits per heavy atom. The molecule has 1 aliphatic carbocycles. The number of nitrogens with one attached hydrogen (secondary N) is 1. The summed E-state index contributed by atoms with van der Waals surface area (Å²) in [6.07, 6.45) is 4.50. The van der Waals surface area contributed by atoms with Gasteiger partial charge < -0.3 is 5.32 Å². The number of anilines is 1. The van der Waals surface area contributed by atoms with Crippen LogP contribution in [-0.2, 0) is 6.54 Å². The van der Waals surface area contributed by atoms with Gasteiger partial charge in [0.15, 0.2) is 0 Å². The van der Waals surface area contributed by atoms with Crippen molar-refractivity contribution < 1.29 is 0 Å². The number of rotatable bonds is 4. The molecule has 0 radical (unpaired) electrons. The largest absolute Gasteiger partial charge is 0.379 e. The molecule has 0 unspecified atom stereocenters. The summed E-state index contributed by atoms with van der Waals surface area (Å²) in [6.45, 7) is 0.829. The molecule has 0 saturated heterocycles. The quantitative estimate of drug-likeness (QED) is 0.850. The number of hydrogen-bond donors (Lipinski definition) is 1. The van der Waals surface area contributed by atoms with Crippen LogP contribution < -0.4 is 5.32 Å². The average Bonchev–Trinajstić information content (AvgIpc) is 3.23. The molecule has 3 rings (SSSR count). The molecular formula is C15H15BrN2. The zero-order valence-electron chi connectivity index (χ0n) is 10.1. The second kappa shape index (κ2) is 5.11. The standard InChI is InChI=1S/C15H15BrN2/c16-15-14(2-1-9-17-15)18-10-11-3-5-12(6-4-11)13-7-8-13/h1-6,9,13,18H,7-8,10H2. The molecule has 0 bridgehead atoms. The molecule has 0 aliphatic heterocycles. The first kappa shape index (κ1) is 11.7. The van der Waals surface area contributed by atoms with Crippen molar-refractivity contribution in [2.24, 2.45) is 0 Å². The topological polar surface area (TPSA) is 24.9 Å². The van der Waals surface area contributed by atoms with E-state index in [1.165, 1.54) is 24.0 Å². The Morgan fingerprint density at radius 2 is 1.94 bits per heavy atom. The lowest BCUT2D eigenvalue weighted by Crippen LogP contribution is -2.00. The Morgan fingerprint density at radius 1 is 1.17 bits per heavy atom. The SMILES string of the molecule is Brc1ncccc1NCc1ccc(C2CC2)cc1. The molecule has 0 spiro atoms. The van der Waals surface area contributed by atoms with Crippen LogP contribution >= 0.6 is 15.9 Å². The van der Waals surface area contributed by atoms with Gasteiger partial charge in [-0.15, -0.1) is 0 Å². The van der Waals surface area contributed by atoms with Crippen LogP contribution in [-0.4, -0.2) is 4.98 Å². The van der Waals surface area contributed by atoms with E-state index in [1.54, 1.807) is 6.20 Å². The summed E-state index contributed by atoms with van der Waals surface area (Å²) >= 11 is 3.44. The minimum Gasteiger partial charge on any atom is -0.379 e. The lowest BCUT2D eigenvalue weighted by Gasteiger charge is -2.08. The fourth-order valence-electron chi connectivity index (χ4n) is 2.04. The highest BCUT2D eigenvalue weighted by Crippen LogP contribution is 2.39. The lowest BCUT2D eigenvalue weighted by molar-refractivity contribution is 1.09. The van der Waals surface area contributed by atoms with Gasteiger partial charge in [0.25, 0.3) is 0 Å². The lowest BCUT2D eigenvalue weighted by atomic mass is 10.1. The zero-order valence-corrected chi connectivity index (χ0v) is 11.7. The number of pyridine rings is 1. The van der Waals surface area contributed by atoms with Crippen LogP contribution in [0.4, 0.5) is 5.69 Å². The van der Waals surface area contributed by atoms with Crippen LogP contribution in [0.3, 0.4) is 0 Å². The summed E-state index contributed by atoms with van der Waals surface area (Å²) in [4.78, 5) is 4.19. The van der Waals surface area contributed by atoms with Crippen LogP contribution in [0, 0.1) is 0 Å². The van der Waals surface area contributed by atoms with E-state index in [0.29, 0.717) is 0 Å². The van der Waals surface area contributed by atoms with E-state index in [4.69, 9.17) is 0 Å². The highest BCUT2D eigenvalue weighted by atomic mass is 79.9. The Hall–Kier alpha value is -1.35. The first-order valence-corrected chi connectivity index (χ1v) is 7.05. The van der Waals surface area contributed by atoms with E-state index in [9.17, 15) is 0 Å². The van der Waals surface area contributed by atoms with Crippen molar-refractivity contribution in [1.82, 2.24) is 4.98 Å². The minimum absolute atomic E-state index is 0.829. The number of halogens is 1. The van der Waals surface area contributed by atoms with Crippen LogP contribution in [0.5, 0.6) is 0 Å². The zero-order chi connectivity index (χ0) is 12.4. The maximum atomic E-state index is 4.19. The van der Waals surface area contributed by atoms with E-state index in [-0.39, 0.29) is 0 Å². The van der Waals surface area contributed by atoms with Gasteiger partial charge in [-0.3, -0.25) is 0 Å². The van der Waals surface area contributed by atoms with Crippen molar-refractivity contribution in [2.75, 3.05) is 5.32 Å². The number of hydrogen-bond acceptors (Lipinski definition) is 2. The monoisotopic (exact) mass is 302 g/mol. The van der Waals surface area contributed by atoms with Gasteiger partial charge in [0.1, 0.15) is 4.60 Å². The van der Waals surface area contributed by atoms with Gasteiger partial charge in [0, 0.05) is 12.7 Å². The predicted molar refractivity (Wildman–Crippen MR) is 77.7 cm³/mol. The van der Waals surface area contributed by atoms with Crippen molar-refractivity contribution in [3.63, 3.8) is 0 Å². The van der Waals surface area contributed by atoms with Crippen LogP contribution in [0.1, 0.15) is 29.9 Å². The fraction of sp³-hybridized carbons (Fsp3) is 0.267. The maximum Gasteiger partial charge on any atom is 0.129 e. The van der Waals surface area contributed by atoms with Crippen LogP contribution in [0.15, 0.2) is 47.2 Å². The first-order chi connectivity index (χ1) is 8.83. The van der Waals surface area contributed by atoms with Crippen molar-refractivity contribution in [3.05, 3.63) is 58.3 Å². The third-order valence-corrected chi connectivity index (χ3v) is 3.90. The van der Waals surface area contributed by atoms with Crippen LogP contribution in [0.25, 0.3) is 0 Å². The third-order valence-electron chi connectivity index (χ3n) is 3.27. The molecule has 18 heavy (non-hydrogen) atoms. The molecular weight excluding hydrogens is 288 g/mol. The van der Waals surface area contributed by atoms with Crippen molar-refractivity contribution >= 4 is 21.6 Å². The highest BCUT2D eigenvalue weighted by molar-refractivity contribution is 9.10. The molecule has 1 heterocycles. The number of aromatic nitrogens is 1. The van der Waals surface area contributed by atoms with Gasteiger partial charge in [-0.2, -0.15) is 0 Å². The van der Waals surface area contributed by atoms with Crippen molar-refractivity contribution in [3.8, 4) is 0 Å². The van der Waals surface area contributed by atoms with Gasteiger partial charge >= 0.3 is 0 Å². The normalized spacial score (nSPS) is 14.5. The maximum absolute atomic E-state index is 4.19. The summed E-state index contributed by atoms with van der Waals surface area (Å²) in [5, 5.41) is 3.38. The minimum atomic E-state index is 0.829. The summed E-state index contributed by atoms with van der Waals surface area (Å²) in [5.74, 6) is 0.833. The summed E-state index contributed by atoms with van der Waals surface area (Å²) in [5.41, 5.74) is 3.82. The molecule has 3 heteroatoms. The second-order valence-electron chi connectivity index (χ2n) is 4.71. The highest BCUT2D eigenvalue weighted by Gasteiger charge is 2.22. The molecule has 2 nitrogen and oxygen atoms in total. The van der Waals surface area contributed by atoms with E-state index in [2.05, 4.69) is 50.5 Å². The fourth-order valence-corrected chi connectivity index (χ4v) is 2.43. The molecule has 1 aliphatic rings. The van der Waals surface area contributed by atoms with Crippen molar-refractivity contribution in [1.29, 1.82) is 0 Å². The first-order valence-electron chi connectivity index (χ1n) is 6.26. The Balaban J connectivity index is 1.64. The Bertz CT molecular complexity index is 532. The summed E-state index contributed by atoms with van der Waals surface area (Å²) < 4.78 is 0.861. The molecule has 1 aromatic carbocycles. The van der Waals surface area contributed by atoms with E-state index < -0.39 is 0 Å². The second-order valence-corrected chi connectivity index (χ2v) is 5.46. The molecule has 1 saturated carbocycles. The predicted octanol–water partition coefficient (Wildman–Crippen LogP) is 4.33. The molecule has 1 N–H and O–H groups in total. The summed E-state index contributed by atoms with van der Waals surface area (Å²) in [7, 11) is 0. The van der Waals surface area contributed by atoms with Gasteiger partial charge in [-0.05, 0) is 57.9 Å². The average molecular weight is 303 g/mol. The molecule has 92 valence electrons. The van der Waals surface area contributed by atoms with Crippen LogP contribution in [0.2, 0.25) is 0 Å². The molecule has 0 amide bonds. The summed E-state index contributed by atoms with van der Waals surface area (Å²) in [6, 6.07) is 12.9. The smallest absolute Gasteiger partial charge is 0.129 e. The van der Waals surface area contributed by atoms with E-state index in [1.807, 2.05) is 12.1 Å². The van der Waals surface area contributed by atoms with Gasteiger partial charge in [0.05, 0.1) is 5.69 Å². The molecule has 2 aromatic rings.